The Kier molecular flexibility index (Phi) is 3.76. The SMILES string of the molecule is CCc1nnc(NN(C)C)nc1CC. The Bertz CT molecular complexity index is 297. The second kappa shape index (κ2) is 4.85. The fraction of sp³-hybridized carbons (Fsp3) is 0.667. The molecule has 0 aliphatic heterocycles. The minimum Gasteiger partial charge on any atom is -0.286 e. The third-order valence-corrected chi connectivity index (χ3v) is 1.83. The summed E-state index contributed by atoms with van der Waals surface area (Å²) in [7, 11) is 3.78. The molecule has 5 heteroatoms. The maximum atomic E-state index is 4.38. The molecule has 0 fully saturated rings. The fourth-order valence-corrected chi connectivity index (χ4v) is 1.19. The number of hydrogen-bond acceptors (Lipinski definition) is 5. The van der Waals surface area contributed by atoms with Gasteiger partial charge in [0.25, 0.3) is 5.95 Å². The lowest BCUT2D eigenvalue weighted by Crippen LogP contribution is -2.22. The zero-order chi connectivity index (χ0) is 10.6. The quantitative estimate of drug-likeness (QED) is 0.723. The van der Waals surface area contributed by atoms with Crippen molar-refractivity contribution in [3.8, 4) is 0 Å². The summed E-state index contributed by atoms with van der Waals surface area (Å²) in [5.74, 6) is 0.559. The molecule has 0 spiro atoms. The Morgan fingerprint density at radius 2 is 1.71 bits per heavy atom. The van der Waals surface area contributed by atoms with Gasteiger partial charge in [0.1, 0.15) is 0 Å². The number of anilines is 1. The van der Waals surface area contributed by atoms with Gasteiger partial charge in [0.15, 0.2) is 0 Å². The maximum Gasteiger partial charge on any atom is 0.257 e. The van der Waals surface area contributed by atoms with Crippen molar-refractivity contribution in [2.24, 2.45) is 0 Å². The van der Waals surface area contributed by atoms with E-state index in [1.165, 1.54) is 0 Å². The highest BCUT2D eigenvalue weighted by Gasteiger charge is 2.05. The molecular formula is C9H17N5. The van der Waals surface area contributed by atoms with E-state index in [2.05, 4.69) is 34.5 Å². The Balaban J connectivity index is 2.89. The molecule has 1 aromatic heterocycles. The van der Waals surface area contributed by atoms with Crippen LogP contribution >= 0.6 is 0 Å². The largest absolute Gasteiger partial charge is 0.286 e. The summed E-state index contributed by atoms with van der Waals surface area (Å²) in [4.78, 5) is 4.38. The number of hydrazine groups is 1. The number of aromatic nitrogens is 3. The van der Waals surface area contributed by atoms with Crippen molar-refractivity contribution in [2.45, 2.75) is 26.7 Å². The molecule has 1 rings (SSSR count). The highest BCUT2D eigenvalue weighted by Crippen LogP contribution is 2.06. The van der Waals surface area contributed by atoms with Crippen LogP contribution in [0.25, 0.3) is 0 Å². The number of aryl methyl sites for hydroxylation is 2. The summed E-state index contributed by atoms with van der Waals surface area (Å²) in [6.07, 6.45) is 1.77. The Labute approximate surface area is 84.5 Å². The van der Waals surface area contributed by atoms with Gasteiger partial charge >= 0.3 is 0 Å². The van der Waals surface area contributed by atoms with Crippen LogP contribution in [-0.4, -0.2) is 34.3 Å². The van der Waals surface area contributed by atoms with Crippen molar-refractivity contribution in [1.29, 1.82) is 0 Å². The minimum atomic E-state index is 0.559. The van der Waals surface area contributed by atoms with Gasteiger partial charge < -0.3 is 0 Å². The molecule has 14 heavy (non-hydrogen) atoms. The van der Waals surface area contributed by atoms with E-state index in [0.717, 1.165) is 24.2 Å². The molecule has 0 saturated carbocycles. The maximum absolute atomic E-state index is 4.38. The molecule has 0 unspecified atom stereocenters. The molecule has 0 aromatic carbocycles. The van der Waals surface area contributed by atoms with Crippen LogP contribution in [0.2, 0.25) is 0 Å². The summed E-state index contributed by atoms with van der Waals surface area (Å²) >= 11 is 0. The third-order valence-electron chi connectivity index (χ3n) is 1.83. The highest BCUT2D eigenvalue weighted by atomic mass is 15.5. The van der Waals surface area contributed by atoms with Gasteiger partial charge in [-0.3, -0.25) is 5.43 Å². The summed E-state index contributed by atoms with van der Waals surface area (Å²) in [6.45, 7) is 4.13. The molecule has 78 valence electrons. The monoisotopic (exact) mass is 195 g/mol. The first-order valence-electron chi connectivity index (χ1n) is 4.83. The lowest BCUT2D eigenvalue weighted by molar-refractivity contribution is 0.486. The van der Waals surface area contributed by atoms with Crippen molar-refractivity contribution in [3.63, 3.8) is 0 Å². The average molecular weight is 195 g/mol. The summed E-state index contributed by atoms with van der Waals surface area (Å²) in [5.41, 5.74) is 4.98. The average Bonchev–Trinajstić information content (AvgIpc) is 2.16. The molecule has 1 N–H and O–H groups in total. The fourth-order valence-electron chi connectivity index (χ4n) is 1.19. The van der Waals surface area contributed by atoms with Crippen LogP contribution < -0.4 is 5.43 Å². The van der Waals surface area contributed by atoms with Gasteiger partial charge in [0.2, 0.25) is 0 Å². The van der Waals surface area contributed by atoms with Crippen LogP contribution in [0.5, 0.6) is 0 Å². The molecule has 0 aliphatic carbocycles. The van der Waals surface area contributed by atoms with Crippen molar-refractivity contribution < 1.29 is 0 Å². The molecule has 0 atom stereocenters. The molecule has 5 nitrogen and oxygen atoms in total. The van der Waals surface area contributed by atoms with E-state index in [-0.39, 0.29) is 0 Å². The van der Waals surface area contributed by atoms with E-state index in [1.54, 1.807) is 5.01 Å². The van der Waals surface area contributed by atoms with Crippen LogP contribution in [0.15, 0.2) is 0 Å². The predicted molar refractivity (Wildman–Crippen MR) is 55.9 cm³/mol. The molecule has 0 bridgehead atoms. The van der Waals surface area contributed by atoms with Gasteiger partial charge in [0, 0.05) is 14.1 Å². The second-order valence-corrected chi connectivity index (χ2v) is 3.24. The Hall–Kier alpha value is -1.23. The Morgan fingerprint density at radius 1 is 1.07 bits per heavy atom. The zero-order valence-corrected chi connectivity index (χ0v) is 9.20. The van der Waals surface area contributed by atoms with Crippen LogP contribution in [0.4, 0.5) is 5.95 Å². The summed E-state index contributed by atoms with van der Waals surface area (Å²) in [6, 6.07) is 0. The minimum absolute atomic E-state index is 0.559. The van der Waals surface area contributed by atoms with E-state index < -0.39 is 0 Å². The standard InChI is InChI=1S/C9H17N5/c1-5-7-8(6-2)11-12-9(10-7)13-14(3)4/h5-6H2,1-4H3,(H,10,12,13). The number of hydrogen-bond donors (Lipinski definition) is 1. The Morgan fingerprint density at radius 3 is 2.21 bits per heavy atom. The van der Waals surface area contributed by atoms with Gasteiger partial charge in [-0.15, -0.1) is 10.2 Å². The lowest BCUT2D eigenvalue weighted by atomic mass is 10.2. The molecule has 0 saturated heterocycles. The molecule has 1 heterocycles. The van der Waals surface area contributed by atoms with Crippen molar-refractivity contribution in [1.82, 2.24) is 20.2 Å². The second-order valence-electron chi connectivity index (χ2n) is 3.24. The van der Waals surface area contributed by atoms with Crippen molar-refractivity contribution in [2.75, 3.05) is 19.5 Å². The van der Waals surface area contributed by atoms with Crippen LogP contribution in [0.1, 0.15) is 25.2 Å². The van der Waals surface area contributed by atoms with E-state index in [1.807, 2.05) is 14.1 Å². The number of rotatable bonds is 4. The van der Waals surface area contributed by atoms with Crippen molar-refractivity contribution >= 4 is 5.95 Å². The summed E-state index contributed by atoms with van der Waals surface area (Å²) in [5, 5.41) is 9.90. The van der Waals surface area contributed by atoms with E-state index in [0.29, 0.717) is 5.95 Å². The number of nitrogens with one attached hydrogen (secondary N) is 1. The first-order valence-corrected chi connectivity index (χ1v) is 4.83. The van der Waals surface area contributed by atoms with Crippen LogP contribution in [0.3, 0.4) is 0 Å². The summed E-state index contributed by atoms with van der Waals surface area (Å²) < 4.78 is 0. The van der Waals surface area contributed by atoms with Crippen molar-refractivity contribution in [3.05, 3.63) is 11.4 Å². The molecular weight excluding hydrogens is 178 g/mol. The van der Waals surface area contributed by atoms with Gasteiger partial charge in [-0.05, 0) is 12.8 Å². The predicted octanol–water partition coefficient (Wildman–Crippen LogP) is 0.885. The van der Waals surface area contributed by atoms with Gasteiger partial charge in [-0.1, -0.05) is 13.8 Å². The zero-order valence-electron chi connectivity index (χ0n) is 9.20. The lowest BCUT2D eigenvalue weighted by Gasteiger charge is -2.12. The molecule has 0 radical (unpaired) electrons. The van der Waals surface area contributed by atoms with Crippen LogP contribution in [-0.2, 0) is 12.8 Å². The topological polar surface area (TPSA) is 53.9 Å². The van der Waals surface area contributed by atoms with E-state index >= 15 is 0 Å². The van der Waals surface area contributed by atoms with E-state index in [9.17, 15) is 0 Å². The molecule has 1 aromatic rings. The van der Waals surface area contributed by atoms with Gasteiger partial charge in [-0.2, -0.15) is 0 Å². The smallest absolute Gasteiger partial charge is 0.257 e. The first-order chi connectivity index (χ1) is 6.67. The number of nitrogens with zero attached hydrogens (tertiary/aromatic N) is 4. The molecule has 0 amide bonds. The van der Waals surface area contributed by atoms with Gasteiger partial charge in [-0.25, -0.2) is 9.99 Å². The normalized spacial score (nSPS) is 10.6. The van der Waals surface area contributed by atoms with Crippen LogP contribution in [0, 0.1) is 0 Å². The van der Waals surface area contributed by atoms with E-state index in [4.69, 9.17) is 0 Å². The third kappa shape index (κ3) is 2.63. The highest BCUT2D eigenvalue weighted by molar-refractivity contribution is 5.24. The first kappa shape index (κ1) is 10.8. The molecule has 0 aliphatic rings. The van der Waals surface area contributed by atoms with Gasteiger partial charge in [0.05, 0.1) is 11.4 Å².